The highest BCUT2D eigenvalue weighted by molar-refractivity contribution is 5.94. The summed E-state index contributed by atoms with van der Waals surface area (Å²) >= 11 is 0. The minimum Gasteiger partial charge on any atom is -0.395 e. The summed E-state index contributed by atoms with van der Waals surface area (Å²) in [7, 11) is 3.15. The largest absolute Gasteiger partial charge is 0.395 e. The van der Waals surface area contributed by atoms with Crippen LogP contribution in [0.4, 0.5) is 5.69 Å². The molecule has 1 aromatic rings. The van der Waals surface area contributed by atoms with E-state index in [2.05, 4.69) is 10.6 Å². The molecule has 0 spiro atoms. The number of methoxy groups -OCH3 is 2. The van der Waals surface area contributed by atoms with Crippen LogP contribution < -0.4 is 10.6 Å². The van der Waals surface area contributed by atoms with Crippen LogP contribution in [0.15, 0.2) is 24.3 Å². The highest BCUT2D eigenvalue weighted by Crippen LogP contribution is 2.10. The van der Waals surface area contributed by atoms with Crippen molar-refractivity contribution >= 4 is 11.6 Å². The molecule has 6 nitrogen and oxygen atoms in total. The van der Waals surface area contributed by atoms with E-state index in [-0.39, 0.29) is 25.3 Å². The maximum Gasteiger partial charge on any atom is 0.251 e. The Labute approximate surface area is 112 Å². The molecule has 3 N–H and O–H groups in total. The first-order valence-electron chi connectivity index (χ1n) is 5.99. The van der Waals surface area contributed by atoms with Crippen LogP contribution in [0.2, 0.25) is 0 Å². The van der Waals surface area contributed by atoms with E-state index in [9.17, 15) is 4.79 Å². The van der Waals surface area contributed by atoms with Crippen molar-refractivity contribution in [3.63, 3.8) is 0 Å². The molecular formula is C13H20N2O4. The number of carbonyl (C=O) groups is 1. The van der Waals surface area contributed by atoms with Crippen molar-refractivity contribution in [3.05, 3.63) is 29.8 Å². The standard InChI is InChI=1S/C13H20N2O4/c1-18-12(19-2)9-15-11-5-3-10(4-6-11)13(17)14-7-8-16/h3-6,12,15-16H,7-9H2,1-2H3,(H,14,17). The average molecular weight is 268 g/mol. The number of anilines is 1. The number of amides is 1. The molecule has 0 fully saturated rings. The Morgan fingerprint density at radius 1 is 1.26 bits per heavy atom. The van der Waals surface area contributed by atoms with Crippen molar-refractivity contribution in [2.24, 2.45) is 0 Å². The second-order valence-corrected chi connectivity index (χ2v) is 3.84. The number of aliphatic hydroxyl groups is 1. The zero-order valence-electron chi connectivity index (χ0n) is 11.2. The summed E-state index contributed by atoms with van der Waals surface area (Å²) in [5.74, 6) is -0.202. The molecule has 0 radical (unpaired) electrons. The summed E-state index contributed by atoms with van der Waals surface area (Å²) in [6, 6.07) is 7.03. The zero-order valence-corrected chi connectivity index (χ0v) is 11.2. The van der Waals surface area contributed by atoms with Gasteiger partial charge in [0.2, 0.25) is 0 Å². The molecule has 1 rings (SSSR count). The predicted octanol–water partition coefficient (Wildman–Crippen LogP) is 0.439. The molecule has 0 aliphatic heterocycles. The highest BCUT2D eigenvalue weighted by atomic mass is 16.7. The van der Waals surface area contributed by atoms with Crippen molar-refractivity contribution in [2.75, 3.05) is 39.2 Å². The summed E-state index contributed by atoms with van der Waals surface area (Å²) in [4.78, 5) is 11.6. The van der Waals surface area contributed by atoms with Crippen LogP contribution in [0.3, 0.4) is 0 Å². The Morgan fingerprint density at radius 2 is 1.89 bits per heavy atom. The lowest BCUT2D eigenvalue weighted by molar-refractivity contribution is -0.0914. The molecule has 6 heteroatoms. The van der Waals surface area contributed by atoms with Crippen LogP contribution in [0.25, 0.3) is 0 Å². The smallest absolute Gasteiger partial charge is 0.251 e. The molecule has 0 aromatic heterocycles. The van der Waals surface area contributed by atoms with Gasteiger partial charge in [-0.2, -0.15) is 0 Å². The topological polar surface area (TPSA) is 79.8 Å². The molecule has 0 aliphatic carbocycles. The Morgan fingerprint density at radius 3 is 2.42 bits per heavy atom. The van der Waals surface area contributed by atoms with Gasteiger partial charge < -0.3 is 25.2 Å². The number of rotatable bonds is 8. The number of carbonyl (C=O) groups excluding carboxylic acids is 1. The molecule has 106 valence electrons. The molecule has 0 unspecified atom stereocenters. The van der Waals surface area contributed by atoms with Crippen molar-refractivity contribution in [2.45, 2.75) is 6.29 Å². The fourth-order valence-corrected chi connectivity index (χ4v) is 1.48. The lowest BCUT2D eigenvalue weighted by Gasteiger charge is -2.15. The lowest BCUT2D eigenvalue weighted by atomic mass is 10.2. The third-order valence-electron chi connectivity index (χ3n) is 2.54. The van der Waals surface area contributed by atoms with Gasteiger partial charge in [0.05, 0.1) is 13.2 Å². The van der Waals surface area contributed by atoms with E-state index in [1.807, 2.05) is 0 Å². The van der Waals surface area contributed by atoms with Crippen LogP contribution in [0.1, 0.15) is 10.4 Å². The third kappa shape index (κ3) is 5.25. The van der Waals surface area contributed by atoms with Crippen molar-refractivity contribution in [3.8, 4) is 0 Å². The van der Waals surface area contributed by atoms with E-state index in [1.54, 1.807) is 38.5 Å². The van der Waals surface area contributed by atoms with E-state index in [1.165, 1.54) is 0 Å². The summed E-state index contributed by atoms with van der Waals surface area (Å²) in [5, 5.41) is 14.3. The van der Waals surface area contributed by atoms with Crippen LogP contribution >= 0.6 is 0 Å². The van der Waals surface area contributed by atoms with E-state index in [0.717, 1.165) is 5.69 Å². The fourth-order valence-electron chi connectivity index (χ4n) is 1.48. The average Bonchev–Trinajstić information content (AvgIpc) is 2.46. The third-order valence-corrected chi connectivity index (χ3v) is 2.54. The van der Waals surface area contributed by atoms with Gasteiger partial charge in [-0.1, -0.05) is 0 Å². The van der Waals surface area contributed by atoms with Gasteiger partial charge in [0.25, 0.3) is 5.91 Å². The van der Waals surface area contributed by atoms with Gasteiger partial charge in [-0.25, -0.2) is 0 Å². The van der Waals surface area contributed by atoms with Crippen LogP contribution in [-0.4, -0.2) is 51.2 Å². The first-order valence-corrected chi connectivity index (χ1v) is 5.99. The number of aliphatic hydroxyl groups excluding tert-OH is 1. The molecule has 0 saturated heterocycles. The molecule has 0 aliphatic rings. The van der Waals surface area contributed by atoms with Crippen molar-refractivity contribution in [1.29, 1.82) is 0 Å². The van der Waals surface area contributed by atoms with E-state index in [0.29, 0.717) is 12.1 Å². The minimum atomic E-state index is -0.312. The first-order chi connectivity index (χ1) is 9.21. The summed E-state index contributed by atoms with van der Waals surface area (Å²) < 4.78 is 10.1. The maximum absolute atomic E-state index is 11.6. The number of hydrogen-bond acceptors (Lipinski definition) is 5. The van der Waals surface area contributed by atoms with Gasteiger partial charge in [-0.3, -0.25) is 4.79 Å². The number of hydrogen-bond donors (Lipinski definition) is 3. The molecule has 0 heterocycles. The van der Waals surface area contributed by atoms with Gasteiger partial charge in [-0.15, -0.1) is 0 Å². The quantitative estimate of drug-likeness (QED) is 0.596. The Kier molecular flexibility index (Phi) is 6.88. The lowest BCUT2D eigenvalue weighted by Crippen LogP contribution is -2.26. The fraction of sp³-hybridized carbons (Fsp3) is 0.462. The van der Waals surface area contributed by atoms with Gasteiger partial charge >= 0.3 is 0 Å². The van der Waals surface area contributed by atoms with Gasteiger partial charge in [-0.05, 0) is 24.3 Å². The summed E-state index contributed by atoms with van der Waals surface area (Å²) in [5.41, 5.74) is 1.42. The number of ether oxygens (including phenoxy) is 2. The molecule has 0 saturated carbocycles. The molecule has 19 heavy (non-hydrogen) atoms. The summed E-state index contributed by atoms with van der Waals surface area (Å²) in [6.07, 6.45) is -0.312. The van der Waals surface area contributed by atoms with E-state index in [4.69, 9.17) is 14.6 Å². The number of nitrogens with one attached hydrogen (secondary N) is 2. The Hall–Kier alpha value is -1.63. The van der Waals surface area contributed by atoms with Crippen molar-refractivity contribution in [1.82, 2.24) is 5.32 Å². The minimum absolute atomic E-state index is 0.0686. The maximum atomic E-state index is 11.6. The van der Waals surface area contributed by atoms with Crippen LogP contribution in [0, 0.1) is 0 Å². The van der Waals surface area contributed by atoms with Crippen molar-refractivity contribution < 1.29 is 19.4 Å². The Bertz CT molecular complexity index is 377. The molecule has 0 atom stereocenters. The first kappa shape index (κ1) is 15.4. The van der Waals surface area contributed by atoms with E-state index >= 15 is 0 Å². The van der Waals surface area contributed by atoms with Gasteiger partial charge in [0.15, 0.2) is 6.29 Å². The van der Waals surface area contributed by atoms with Crippen LogP contribution in [0.5, 0.6) is 0 Å². The second kappa shape index (κ2) is 8.47. The molecule has 0 bridgehead atoms. The Balaban J connectivity index is 2.49. The second-order valence-electron chi connectivity index (χ2n) is 3.84. The molecular weight excluding hydrogens is 248 g/mol. The number of benzene rings is 1. The van der Waals surface area contributed by atoms with Gasteiger partial charge in [0.1, 0.15) is 0 Å². The normalized spacial score (nSPS) is 10.5. The molecule has 1 amide bonds. The predicted molar refractivity (Wildman–Crippen MR) is 72.2 cm³/mol. The van der Waals surface area contributed by atoms with Gasteiger partial charge in [0, 0.05) is 32.0 Å². The monoisotopic (exact) mass is 268 g/mol. The van der Waals surface area contributed by atoms with E-state index < -0.39 is 0 Å². The summed E-state index contributed by atoms with van der Waals surface area (Å²) in [6.45, 7) is 0.700. The SMILES string of the molecule is COC(CNc1ccc(C(=O)NCCO)cc1)OC. The van der Waals surface area contributed by atoms with Crippen LogP contribution in [-0.2, 0) is 9.47 Å². The highest BCUT2D eigenvalue weighted by Gasteiger charge is 2.06. The zero-order chi connectivity index (χ0) is 14.1. The molecule has 1 aromatic carbocycles.